The molecule has 1 N–H and O–H groups in total. The van der Waals surface area contributed by atoms with Crippen molar-refractivity contribution < 1.29 is 22.7 Å². The van der Waals surface area contributed by atoms with E-state index in [1.165, 1.54) is 36.1 Å². The molecule has 1 aromatic rings. The topological polar surface area (TPSA) is 96.0 Å². The minimum Gasteiger partial charge on any atom is -0.482 e. The molecule has 2 heterocycles. The Labute approximate surface area is 177 Å². The number of benzene rings is 1. The van der Waals surface area contributed by atoms with E-state index in [1.807, 2.05) is 0 Å². The van der Waals surface area contributed by atoms with Crippen LogP contribution in [0.3, 0.4) is 0 Å². The Kier molecular flexibility index (Phi) is 6.02. The normalized spacial score (nSPS) is 20.6. The van der Waals surface area contributed by atoms with Gasteiger partial charge in [0, 0.05) is 38.7 Å². The number of carbonyl (C=O) groups is 2. The summed E-state index contributed by atoms with van der Waals surface area (Å²) in [7, 11) is -3.71. The maximum absolute atomic E-state index is 13.2. The molecule has 0 atom stereocenters. The minimum atomic E-state index is -3.71. The molecule has 3 aliphatic rings. The van der Waals surface area contributed by atoms with Crippen LogP contribution in [0.1, 0.15) is 44.1 Å². The largest absolute Gasteiger partial charge is 0.482 e. The molecule has 2 amide bonds. The third kappa shape index (κ3) is 4.32. The molecule has 1 saturated heterocycles. The highest BCUT2D eigenvalue weighted by Crippen LogP contribution is 2.34. The van der Waals surface area contributed by atoms with Gasteiger partial charge in [0.1, 0.15) is 5.75 Å². The number of hydrogen-bond donors (Lipinski definition) is 1. The number of ether oxygens (including phenoxy) is 1. The predicted octanol–water partition coefficient (Wildman–Crippen LogP) is 2.13. The monoisotopic (exact) mass is 435 g/mol. The van der Waals surface area contributed by atoms with E-state index in [0.717, 1.165) is 6.42 Å². The molecule has 164 valence electrons. The number of nitrogens with zero attached hydrogens (tertiary/aromatic N) is 2. The SMILES string of the molecule is Cc1cc2c(cc1S(=O)(=O)N1CCN(C(=O)CCC3CCCC3)CC1)OCC(=O)N2. The summed E-state index contributed by atoms with van der Waals surface area (Å²) in [4.78, 5) is 26.0. The van der Waals surface area contributed by atoms with Crippen molar-refractivity contribution in [3.8, 4) is 5.75 Å². The average Bonchev–Trinajstić information content (AvgIpc) is 3.25. The summed E-state index contributed by atoms with van der Waals surface area (Å²) in [6.07, 6.45) is 6.51. The van der Waals surface area contributed by atoms with E-state index in [0.29, 0.717) is 42.4 Å². The zero-order valence-electron chi connectivity index (χ0n) is 17.4. The lowest BCUT2D eigenvalue weighted by Crippen LogP contribution is -2.50. The van der Waals surface area contributed by atoms with Crippen molar-refractivity contribution in [3.05, 3.63) is 17.7 Å². The third-order valence-electron chi connectivity index (χ3n) is 6.36. The molecular weight excluding hydrogens is 406 g/mol. The van der Waals surface area contributed by atoms with Crippen molar-refractivity contribution in [3.63, 3.8) is 0 Å². The predicted molar refractivity (Wildman–Crippen MR) is 112 cm³/mol. The molecule has 1 saturated carbocycles. The van der Waals surface area contributed by atoms with Crippen LogP contribution in [0, 0.1) is 12.8 Å². The van der Waals surface area contributed by atoms with Gasteiger partial charge in [-0.15, -0.1) is 0 Å². The summed E-state index contributed by atoms with van der Waals surface area (Å²) in [6, 6.07) is 3.11. The molecule has 0 spiro atoms. The molecule has 0 unspecified atom stereocenters. The van der Waals surface area contributed by atoms with Crippen molar-refractivity contribution in [1.29, 1.82) is 0 Å². The smallest absolute Gasteiger partial charge is 0.262 e. The van der Waals surface area contributed by atoms with Gasteiger partial charge in [0.05, 0.1) is 10.6 Å². The van der Waals surface area contributed by atoms with Gasteiger partial charge in [-0.05, 0) is 30.9 Å². The Morgan fingerprint density at radius 3 is 2.57 bits per heavy atom. The Hall–Kier alpha value is -2.13. The number of hydrogen-bond acceptors (Lipinski definition) is 5. The van der Waals surface area contributed by atoms with Gasteiger partial charge >= 0.3 is 0 Å². The summed E-state index contributed by atoms with van der Waals surface area (Å²) < 4.78 is 33.2. The molecular formula is C21H29N3O5S. The Balaban J connectivity index is 1.39. The second-order valence-electron chi connectivity index (χ2n) is 8.42. The van der Waals surface area contributed by atoms with Crippen LogP contribution < -0.4 is 10.1 Å². The molecule has 1 aliphatic carbocycles. The second kappa shape index (κ2) is 8.55. The quantitative estimate of drug-likeness (QED) is 0.764. The first-order chi connectivity index (χ1) is 14.3. The first-order valence-corrected chi connectivity index (χ1v) is 12.1. The first-order valence-electron chi connectivity index (χ1n) is 10.7. The molecule has 30 heavy (non-hydrogen) atoms. The Morgan fingerprint density at radius 2 is 1.87 bits per heavy atom. The zero-order chi connectivity index (χ0) is 21.3. The number of carbonyl (C=O) groups excluding carboxylic acids is 2. The van der Waals surface area contributed by atoms with Crippen molar-refractivity contribution >= 4 is 27.5 Å². The minimum absolute atomic E-state index is 0.128. The fourth-order valence-electron chi connectivity index (χ4n) is 4.60. The lowest BCUT2D eigenvalue weighted by molar-refractivity contribution is -0.132. The third-order valence-corrected chi connectivity index (χ3v) is 8.40. The van der Waals surface area contributed by atoms with Gasteiger partial charge in [0.25, 0.3) is 5.91 Å². The highest BCUT2D eigenvalue weighted by Gasteiger charge is 2.32. The fourth-order valence-corrected chi connectivity index (χ4v) is 6.24. The van der Waals surface area contributed by atoms with Crippen molar-refractivity contribution in [2.75, 3.05) is 38.1 Å². The number of amides is 2. The maximum atomic E-state index is 13.2. The van der Waals surface area contributed by atoms with E-state index in [1.54, 1.807) is 17.9 Å². The van der Waals surface area contributed by atoms with Gasteiger partial charge in [0.2, 0.25) is 15.9 Å². The van der Waals surface area contributed by atoms with Crippen LogP contribution in [0.15, 0.2) is 17.0 Å². The number of fused-ring (bicyclic) bond motifs is 1. The highest BCUT2D eigenvalue weighted by molar-refractivity contribution is 7.89. The van der Waals surface area contributed by atoms with Crippen molar-refractivity contribution in [2.45, 2.75) is 50.3 Å². The van der Waals surface area contributed by atoms with Crippen LogP contribution in [0.5, 0.6) is 5.75 Å². The van der Waals surface area contributed by atoms with E-state index in [2.05, 4.69) is 5.32 Å². The summed E-state index contributed by atoms with van der Waals surface area (Å²) in [6.45, 7) is 2.98. The summed E-state index contributed by atoms with van der Waals surface area (Å²) in [5.41, 5.74) is 1.04. The number of nitrogens with one attached hydrogen (secondary N) is 1. The van der Waals surface area contributed by atoms with Gasteiger partial charge in [-0.25, -0.2) is 8.42 Å². The Bertz CT molecular complexity index is 932. The van der Waals surface area contributed by atoms with Crippen LogP contribution in [0.25, 0.3) is 0 Å². The van der Waals surface area contributed by atoms with Crippen LogP contribution in [-0.2, 0) is 19.6 Å². The van der Waals surface area contributed by atoms with E-state index in [-0.39, 0.29) is 36.4 Å². The lowest BCUT2D eigenvalue weighted by Gasteiger charge is -2.34. The number of aryl methyl sites for hydroxylation is 1. The number of rotatable bonds is 5. The van der Waals surface area contributed by atoms with E-state index in [9.17, 15) is 18.0 Å². The molecule has 0 bridgehead atoms. The number of sulfonamides is 1. The summed E-state index contributed by atoms with van der Waals surface area (Å²) in [5.74, 6) is 0.911. The average molecular weight is 436 g/mol. The van der Waals surface area contributed by atoms with Gasteiger partial charge in [-0.1, -0.05) is 25.7 Å². The standard InChI is InChI=1S/C21H29N3O5S/c1-15-12-17-18(29-14-20(25)22-17)13-19(15)30(27,28)24-10-8-23(9-11-24)21(26)7-6-16-4-2-3-5-16/h12-13,16H,2-11,14H2,1H3,(H,22,25). The highest BCUT2D eigenvalue weighted by atomic mass is 32.2. The first kappa shape index (κ1) is 21.1. The van der Waals surface area contributed by atoms with Crippen LogP contribution in [-0.4, -0.2) is 62.2 Å². The Morgan fingerprint density at radius 1 is 1.17 bits per heavy atom. The van der Waals surface area contributed by atoms with Crippen molar-refractivity contribution in [2.24, 2.45) is 5.92 Å². The fraction of sp³-hybridized carbons (Fsp3) is 0.619. The summed E-state index contributed by atoms with van der Waals surface area (Å²) in [5, 5.41) is 2.69. The zero-order valence-corrected chi connectivity index (χ0v) is 18.2. The number of anilines is 1. The molecule has 2 aliphatic heterocycles. The molecule has 9 heteroatoms. The molecule has 2 fully saturated rings. The van der Waals surface area contributed by atoms with Gasteiger partial charge in [0.15, 0.2) is 6.61 Å². The molecule has 1 aromatic carbocycles. The lowest BCUT2D eigenvalue weighted by atomic mass is 10.0. The molecule has 4 rings (SSSR count). The second-order valence-corrected chi connectivity index (χ2v) is 10.3. The maximum Gasteiger partial charge on any atom is 0.262 e. The molecule has 8 nitrogen and oxygen atoms in total. The van der Waals surface area contributed by atoms with Gasteiger partial charge < -0.3 is 15.0 Å². The molecule has 0 radical (unpaired) electrons. The van der Waals surface area contributed by atoms with Crippen LogP contribution in [0.4, 0.5) is 5.69 Å². The van der Waals surface area contributed by atoms with E-state index < -0.39 is 10.0 Å². The van der Waals surface area contributed by atoms with E-state index in [4.69, 9.17) is 4.74 Å². The van der Waals surface area contributed by atoms with Crippen LogP contribution in [0.2, 0.25) is 0 Å². The molecule has 0 aromatic heterocycles. The van der Waals surface area contributed by atoms with E-state index >= 15 is 0 Å². The van der Waals surface area contributed by atoms with Gasteiger partial charge in [-0.2, -0.15) is 4.31 Å². The van der Waals surface area contributed by atoms with Crippen molar-refractivity contribution in [1.82, 2.24) is 9.21 Å². The number of piperazine rings is 1. The van der Waals surface area contributed by atoms with Gasteiger partial charge in [-0.3, -0.25) is 9.59 Å². The van der Waals surface area contributed by atoms with Crippen LogP contribution >= 0.6 is 0 Å². The summed E-state index contributed by atoms with van der Waals surface area (Å²) >= 11 is 0.